The molecule has 2 fully saturated rings. The maximum Gasteiger partial charge on any atom is 0.119 e. The number of benzene rings is 2. The minimum atomic E-state index is -0.0870. The molecule has 0 bridgehead atoms. The van der Waals surface area contributed by atoms with Crippen LogP contribution in [0.1, 0.15) is 52.7 Å². The third-order valence-corrected chi connectivity index (χ3v) is 4.83. The van der Waals surface area contributed by atoms with E-state index in [-0.39, 0.29) is 17.6 Å². The fourth-order valence-electron chi connectivity index (χ4n) is 2.81. The van der Waals surface area contributed by atoms with E-state index in [4.69, 9.17) is 18.9 Å². The molecule has 0 saturated carbocycles. The van der Waals surface area contributed by atoms with Gasteiger partial charge < -0.3 is 18.9 Å². The van der Waals surface area contributed by atoms with Gasteiger partial charge in [0.05, 0.1) is 13.2 Å². The zero-order valence-corrected chi connectivity index (χ0v) is 18.7. The van der Waals surface area contributed by atoms with Crippen molar-refractivity contribution >= 4 is 0 Å². The zero-order valence-electron chi connectivity index (χ0n) is 18.7. The van der Waals surface area contributed by atoms with Gasteiger partial charge in [-0.15, -0.1) is 0 Å². The van der Waals surface area contributed by atoms with Gasteiger partial charge in [0.2, 0.25) is 0 Å². The second kappa shape index (κ2) is 11.2. The molecule has 0 spiro atoms. The average Bonchev–Trinajstić information content (AvgIpc) is 3.69. The normalized spacial score (nSPS) is 19.1. The molecule has 160 valence electrons. The van der Waals surface area contributed by atoms with Crippen molar-refractivity contribution in [2.75, 3.05) is 26.4 Å². The van der Waals surface area contributed by atoms with E-state index in [1.165, 1.54) is 11.1 Å². The third-order valence-electron chi connectivity index (χ3n) is 4.83. The van der Waals surface area contributed by atoms with Crippen LogP contribution in [0.25, 0.3) is 0 Å². The number of rotatable bonds is 8. The fourth-order valence-corrected chi connectivity index (χ4v) is 2.81. The summed E-state index contributed by atoms with van der Waals surface area (Å²) in [4.78, 5) is 0. The summed E-state index contributed by atoms with van der Waals surface area (Å²) in [7, 11) is 0. The molecule has 0 aliphatic carbocycles. The van der Waals surface area contributed by atoms with E-state index in [1.807, 2.05) is 52.0 Å². The van der Waals surface area contributed by atoms with E-state index in [9.17, 15) is 0 Å². The van der Waals surface area contributed by atoms with E-state index in [0.29, 0.717) is 13.2 Å². The Hall–Kier alpha value is -2.04. The van der Waals surface area contributed by atoms with Gasteiger partial charge >= 0.3 is 0 Å². The molecular formula is C25H36O4. The first-order valence-electron chi connectivity index (χ1n) is 10.8. The van der Waals surface area contributed by atoms with Crippen molar-refractivity contribution in [3.63, 3.8) is 0 Å². The molecule has 2 aromatic carbocycles. The van der Waals surface area contributed by atoms with Crippen molar-refractivity contribution in [3.05, 3.63) is 59.7 Å². The highest BCUT2D eigenvalue weighted by Crippen LogP contribution is 2.33. The first-order valence-corrected chi connectivity index (χ1v) is 10.8. The molecule has 2 aromatic rings. The van der Waals surface area contributed by atoms with Crippen LogP contribution in [0.15, 0.2) is 48.5 Å². The van der Waals surface area contributed by atoms with Gasteiger partial charge in [-0.25, -0.2) is 0 Å². The molecule has 0 radical (unpaired) electrons. The molecule has 29 heavy (non-hydrogen) atoms. The highest BCUT2D eigenvalue weighted by molar-refractivity contribution is 5.41. The van der Waals surface area contributed by atoms with Gasteiger partial charge in [0.25, 0.3) is 0 Å². The minimum absolute atomic E-state index is 0.0870. The standard InChI is InChI=1S/C21H24O4.2C2H6/c1-21(2,15-3-7-17(8-4-15)22-11-19-13-24-19)16-5-9-18(10-6-16)23-12-20-14-25-20;2*1-2/h3-10,19-20H,11-14H2,1-2H3;2*1-2H3. The van der Waals surface area contributed by atoms with Gasteiger partial charge in [-0.05, 0) is 35.4 Å². The average molecular weight is 401 g/mol. The lowest BCUT2D eigenvalue weighted by molar-refractivity contribution is 0.263. The van der Waals surface area contributed by atoms with E-state index >= 15 is 0 Å². The molecule has 2 atom stereocenters. The van der Waals surface area contributed by atoms with Crippen LogP contribution in [0.5, 0.6) is 11.5 Å². The van der Waals surface area contributed by atoms with Crippen LogP contribution in [0.3, 0.4) is 0 Å². The molecule has 4 heteroatoms. The van der Waals surface area contributed by atoms with Crippen molar-refractivity contribution in [2.45, 2.75) is 59.2 Å². The third kappa shape index (κ3) is 7.06. The molecule has 0 amide bonds. The SMILES string of the molecule is CC.CC.CC(C)(c1ccc(OCC2CO2)cc1)c1ccc(OCC2CO2)cc1. The van der Waals surface area contributed by atoms with Crippen LogP contribution < -0.4 is 9.47 Å². The second-order valence-corrected chi connectivity index (χ2v) is 7.21. The van der Waals surface area contributed by atoms with Crippen LogP contribution >= 0.6 is 0 Å². The van der Waals surface area contributed by atoms with Crippen molar-refractivity contribution < 1.29 is 18.9 Å². The Morgan fingerprint density at radius 2 is 1.00 bits per heavy atom. The van der Waals surface area contributed by atoms with E-state index in [0.717, 1.165) is 24.7 Å². The summed E-state index contributed by atoms with van der Waals surface area (Å²) >= 11 is 0. The fraction of sp³-hybridized carbons (Fsp3) is 0.520. The smallest absolute Gasteiger partial charge is 0.119 e. The lowest BCUT2D eigenvalue weighted by Gasteiger charge is -2.26. The summed E-state index contributed by atoms with van der Waals surface area (Å²) in [5.74, 6) is 1.78. The maximum atomic E-state index is 5.72. The highest BCUT2D eigenvalue weighted by Gasteiger charge is 2.25. The topological polar surface area (TPSA) is 43.5 Å². The predicted octanol–water partition coefficient (Wildman–Crippen LogP) is 5.62. The summed E-state index contributed by atoms with van der Waals surface area (Å²) in [5.41, 5.74) is 2.42. The molecule has 4 rings (SSSR count). The number of ether oxygens (including phenoxy) is 4. The molecule has 4 nitrogen and oxygen atoms in total. The molecule has 0 aromatic heterocycles. The predicted molar refractivity (Wildman–Crippen MR) is 118 cm³/mol. The van der Waals surface area contributed by atoms with Crippen molar-refractivity contribution in [3.8, 4) is 11.5 Å². The Balaban J connectivity index is 0.000000707. The first kappa shape index (κ1) is 23.2. The first-order chi connectivity index (χ1) is 14.1. The van der Waals surface area contributed by atoms with E-state index in [2.05, 4.69) is 38.1 Å². The molecule has 2 saturated heterocycles. The van der Waals surface area contributed by atoms with Crippen LogP contribution in [-0.2, 0) is 14.9 Å². The summed E-state index contributed by atoms with van der Waals surface area (Å²) in [6.07, 6.45) is 0.562. The van der Waals surface area contributed by atoms with Gasteiger partial charge in [0, 0.05) is 5.41 Å². The van der Waals surface area contributed by atoms with Gasteiger partial charge in [-0.3, -0.25) is 0 Å². The molecule has 2 aliphatic heterocycles. The zero-order chi connectivity index (χ0) is 21.3. The van der Waals surface area contributed by atoms with Crippen molar-refractivity contribution in [2.24, 2.45) is 0 Å². The molecule has 2 aliphatic rings. The number of epoxide rings is 2. The van der Waals surface area contributed by atoms with Gasteiger partial charge in [-0.2, -0.15) is 0 Å². The molecular weight excluding hydrogens is 364 g/mol. The maximum absolute atomic E-state index is 5.72. The monoisotopic (exact) mass is 400 g/mol. The van der Waals surface area contributed by atoms with Crippen molar-refractivity contribution in [1.82, 2.24) is 0 Å². The van der Waals surface area contributed by atoms with Crippen molar-refractivity contribution in [1.29, 1.82) is 0 Å². The van der Waals surface area contributed by atoms with E-state index < -0.39 is 0 Å². The molecule has 2 unspecified atom stereocenters. The van der Waals surface area contributed by atoms with Crippen LogP contribution in [0, 0.1) is 0 Å². The second-order valence-electron chi connectivity index (χ2n) is 7.21. The number of hydrogen-bond acceptors (Lipinski definition) is 4. The highest BCUT2D eigenvalue weighted by atomic mass is 16.6. The molecule has 2 heterocycles. The van der Waals surface area contributed by atoms with E-state index in [1.54, 1.807) is 0 Å². The van der Waals surface area contributed by atoms with Gasteiger partial charge in [0.1, 0.15) is 36.9 Å². The Kier molecular flexibility index (Phi) is 8.99. The summed E-state index contributed by atoms with van der Waals surface area (Å²) in [6, 6.07) is 16.7. The van der Waals surface area contributed by atoms with Crippen LogP contribution in [0.4, 0.5) is 0 Å². The Labute approximate surface area is 176 Å². The van der Waals surface area contributed by atoms with Crippen LogP contribution in [-0.4, -0.2) is 38.6 Å². The van der Waals surface area contributed by atoms with Gasteiger partial charge in [-0.1, -0.05) is 65.8 Å². The Bertz CT molecular complexity index is 637. The Morgan fingerprint density at radius 1 is 0.690 bits per heavy atom. The summed E-state index contributed by atoms with van der Waals surface area (Å²) < 4.78 is 21.8. The quantitative estimate of drug-likeness (QED) is 0.539. The Morgan fingerprint density at radius 3 is 1.28 bits per heavy atom. The van der Waals surface area contributed by atoms with Crippen LogP contribution in [0.2, 0.25) is 0 Å². The van der Waals surface area contributed by atoms with Gasteiger partial charge in [0.15, 0.2) is 0 Å². The summed E-state index contributed by atoms with van der Waals surface area (Å²) in [5, 5.41) is 0. The lowest BCUT2D eigenvalue weighted by atomic mass is 9.78. The summed E-state index contributed by atoms with van der Waals surface area (Å²) in [6.45, 7) is 15.4. The largest absolute Gasteiger partial charge is 0.491 e. The molecule has 0 N–H and O–H groups in total. The minimum Gasteiger partial charge on any atom is -0.491 e. The lowest BCUT2D eigenvalue weighted by Crippen LogP contribution is -2.18. The number of hydrogen-bond donors (Lipinski definition) is 0.